The van der Waals surface area contributed by atoms with Gasteiger partial charge in [-0.2, -0.15) is 0 Å². The maximum atomic E-state index is 11.8. The lowest BCUT2D eigenvalue weighted by atomic mass is 10.4. The normalized spacial score (nSPS) is 11.2. The Labute approximate surface area is 150 Å². The number of nitrogens with one attached hydrogen (secondary N) is 2. The van der Waals surface area contributed by atoms with Crippen molar-refractivity contribution in [2.24, 2.45) is 0 Å². The SMILES string of the molecule is CS(=O)(=O)Nc1nnc(NC(=O)CCSc2ccc(Br)cc2)s1. The third-order valence-corrected chi connectivity index (χ3v) is 5.35. The van der Waals surface area contributed by atoms with E-state index in [4.69, 9.17) is 0 Å². The van der Waals surface area contributed by atoms with Gasteiger partial charge in [-0.15, -0.1) is 22.0 Å². The standard InChI is InChI=1S/C12H13BrN4O3S3/c1-23(19,20)17-12-16-15-11(22-12)14-10(18)6-7-21-9-4-2-8(13)3-5-9/h2-5H,6-7H2,1H3,(H,16,17)(H,14,15,18). The second-order valence-electron chi connectivity index (χ2n) is 4.39. The van der Waals surface area contributed by atoms with Gasteiger partial charge in [0.05, 0.1) is 6.26 Å². The third-order valence-electron chi connectivity index (χ3n) is 2.36. The van der Waals surface area contributed by atoms with Crippen molar-refractivity contribution < 1.29 is 13.2 Å². The lowest BCUT2D eigenvalue weighted by Gasteiger charge is -2.02. The molecule has 124 valence electrons. The molecule has 7 nitrogen and oxygen atoms in total. The van der Waals surface area contributed by atoms with Crippen LogP contribution in [0, 0.1) is 0 Å². The summed E-state index contributed by atoms with van der Waals surface area (Å²) < 4.78 is 25.3. The fraction of sp³-hybridized carbons (Fsp3) is 0.250. The van der Waals surface area contributed by atoms with E-state index in [0.29, 0.717) is 12.2 Å². The number of carbonyl (C=O) groups is 1. The minimum atomic E-state index is -3.40. The van der Waals surface area contributed by atoms with E-state index >= 15 is 0 Å². The average molecular weight is 437 g/mol. The molecule has 0 fully saturated rings. The zero-order valence-corrected chi connectivity index (χ0v) is 16.0. The number of anilines is 2. The Bertz CT molecular complexity index is 777. The molecule has 0 atom stereocenters. The number of benzene rings is 1. The molecule has 0 saturated heterocycles. The number of thioether (sulfide) groups is 1. The molecule has 0 aliphatic rings. The molecule has 0 bridgehead atoms. The van der Waals surface area contributed by atoms with Gasteiger partial charge >= 0.3 is 0 Å². The number of aromatic nitrogens is 2. The van der Waals surface area contributed by atoms with Crippen molar-refractivity contribution in [3.05, 3.63) is 28.7 Å². The summed E-state index contributed by atoms with van der Waals surface area (Å²) >= 11 is 5.90. The smallest absolute Gasteiger partial charge is 0.231 e. The number of nitrogens with zero attached hydrogens (tertiary/aromatic N) is 2. The van der Waals surface area contributed by atoms with E-state index in [-0.39, 0.29) is 16.2 Å². The molecule has 1 heterocycles. The molecule has 0 spiro atoms. The first-order valence-corrected chi connectivity index (χ1v) is 10.8. The summed E-state index contributed by atoms with van der Waals surface area (Å²) in [4.78, 5) is 12.9. The van der Waals surface area contributed by atoms with Gasteiger partial charge in [0.25, 0.3) is 0 Å². The minimum Gasteiger partial charge on any atom is -0.300 e. The van der Waals surface area contributed by atoms with Crippen LogP contribution in [-0.2, 0) is 14.8 Å². The van der Waals surface area contributed by atoms with E-state index in [0.717, 1.165) is 27.0 Å². The van der Waals surface area contributed by atoms with Crippen molar-refractivity contribution in [1.29, 1.82) is 0 Å². The number of hydrogen-bond acceptors (Lipinski definition) is 7. The van der Waals surface area contributed by atoms with E-state index in [9.17, 15) is 13.2 Å². The van der Waals surface area contributed by atoms with Gasteiger partial charge in [-0.1, -0.05) is 27.3 Å². The van der Waals surface area contributed by atoms with Crippen LogP contribution in [0.1, 0.15) is 6.42 Å². The van der Waals surface area contributed by atoms with Gasteiger partial charge in [-0.25, -0.2) is 8.42 Å². The Kier molecular flexibility index (Phi) is 6.39. The van der Waals surface area contributed by atoms with Crippen molar-refractivity contribution in [2.45, 2.75) is 11.3 Å². The van der Waals surface area contributed by atoms with E-state index < -0.39 is 10.0 Å². The van der Waals surface area contributed by atoms with Gasteiger partial charge < -0.3 is 5.32 Å². The molecule has 11 heteroatoms. The number of rotatable bonds is 7. The maximum absolute atomic E-state index is 11.8. The van der Waals surface area contributed by atoms with Crippen molar-refractivity contribution in [1.82, 2.24) is 10.2 Å². The number of carbonyl (C=O) groups excluding carboxylic acids is 1. The highest BCUT2D eigenvalue weighted by atomic mass is 79.9. The van der Waals surface area contributed by atoms with Crippen molar-refractivity contribution >= 4 is 65.2 Å². The largest absolute Gasteiger partial charge is 0.300 e. The first-order valence-electron chi connectivity index (χ1n) is 6.31. The van der Waals surface area contributed by atoms with Crippen molar-refractivity contribution in [2.75, 3.05) is 22.0 Å². The van der Waals surface area contributed by atoms with Gasteiger partial charge in [0.2, 0.25) is 26.2 Å². The van der Waals surface area contributed by atoms with E-state index in [2.05, 4.69) is 36.2 Å². The van der Waals surface area contributed by atoms with Crippen molar-refractivity contribution in [3.8, 4) is 0 Å². The quantitative estimate of drug-likeness (QED) is 0.646. The highest BCUT2D eigenvalue weighted by molar-refractivity contribution is 9.10. The fourth-order valence-electron chi connectivity index (χ4n) is 1.45. The van der Waals surface area contributed by atoms with Crippen LogP contribution in [-0.4, -0.2) is 36.5 Å². The number of sulfonamides is 1. The highest BCUT2D eigenvalue weighted by Gasteiger charge is 2.11. The van der Waals surface area contributed by atoms with Crippen molar-refractivity contribution in [3.63, 3.8) is 0 Å². The summed E-state index contributed by atoms with van der Waals surface area (Å²) in [5, 5.41) is 10.3. The Balaban J connectivity index is 1.77. The number of halogens is 1. The lowest BCUT2D eigenvalue weighted by molar-refractivity contribution is -0.115. The third kappa shape index (κ3) is 6.85. The first kappa shape index (κ1) is 18.2. The number of hydrogen-bond donors (Lipinski definition) is 2. The molecule has 2 rings (SSSR count). The van der Waals surface area contributed by atoms with Gasteiger partial charge in [-0.05, 0) is 24.3 Å². The van der Waals surface area contributed by atoms with E-state index in [1.807, 2.05) is 24.3 Å². The Morgan fingerprint density at radius 3 is 2.57 bits per heavy atom. The average Bonchev–Trinajstić information content (AvgIpc) is 2.86. The number of amides is 1. The second kappa shape index (κ2) is 8.08. The van der Waals surface area contributed by atoms with Crippen LogP contribution < -0.4 is 10.0 Å². The molecule has 2 aromatic rings. The topological polar surface area (TPSA) is 101 Å². The van der Waals surface area contributed by atoms with Gasteiger partial charge in [0.1, 0.15) is 0 Å². The molecule has 0 radical (unpaired) electrons. The first-order chi connectivity index (χ1) is 10.8. The predicted octanol–water partition coefficient (Wildman–Crippen LogP) is 2.79. The maximum Gasteiger partial charge on any atom is 0.231 e. The minimum absolute atomic E-state index is 0.118. The van der Waals surface area contributed by atoms with E-state index in [1.54, 1.807) is 11.8 Å². The molecule has 0 aliphatic heterocycles. The van der Waals surface area contributed by atoms with Gasteiger partial charge in [0, 0.05) is 21.5 Å². The summed E-state index contributed by atoms with van der Waals surface area (Å²) in [7, 11) is -3.40. The summed E-state index contributed by atoms with van der Waals surface area (Å²) in [5.74, 6) is 0.428. The Hall–Kier alpha value is -1.17. The predicted molar refractivity (Wildman–Crippen MR) is 96.5 cm³/mol. The van der Waals surface area contributed by atoms with Gasteiger partial charge in [-0.3, -0.25) is 9.52 Å². The van der Waals surface area contributed by atoms with Crippen LogP contribution in [0.5, 0.6) is 0 Å². The molecule has 23 heavy (non-hydrogen) atoms. The molecule has 0 aliphatic carbocycles. The second-order valence-corrected chi connectivity index (χ2v) is 9.20. The molecule has 2 N–H and O–H groups in total. The Morgan fingerprint density at radius 2 is 1.91 bits per heavy atom. The molecular formula is C12H13BrN4O3S3. The summed E-state index contributed by atoms with van der Waals surface area (Å²) in [6, 6.07) is 7.83. The van der Waals surface area contributed by atoms with Crippen LogP contribution in [0.4, 0.5) is 10.3 Å². The molecule has 0 unspecified atom stereocenters. The van der Waals surface area contributed by atoms with E-state index in [1.165, 1.54) is 0 Å². The van der Waals surface area contributed by atoms with Crippen LogP contribution in [0.25, 0.3) is 0 Å². The van der Waals surface area contributed by atoms with Gasteiger partial charge in [0.15, 0.2) is 0 Å². The highest BCUT2D eigenvalue weighted by Crippen LogP contribution is 2.23. The van der Waals surface area contributed by atoms with Crippen LogP contribution >= 0.6 is 39.0 Å². The molecule has 1 amide bonds. The monoisotopic (exact) mass is 436 g/mol. The zero-order chi connectivity index (χ0) is 16.9. The van der Waals surface area contributed by atoms with Crippen LogP contribution in [0.2, 0.25) is 0 Å². The fourth-order valence-corrected chi connectivity index (χ4v) is 4.05. The van der Waals surface area contributed by atoms with Crippen LogP contribution in [0.3, 0.4) is 0 Å². The molecule has 0 saturated carbocycles. The summed E-state index contributed by atoms with van der Waals surface area (Å²) in [6.07, 6.45) is 1.33. The lowest BCUT2D eigenvalue weighted by Crippen LogP contribution is -2.11. The Morgan fingerprint density at radius 1 is 1.26 bits per heavy atom. The summed E-state index contributed by atoms with van der Waals surface area (Å²) in [5.41, 5.74) is 0. The molecule has 1 aromatic carbocycles. The summed E-state index contributed by atoms with van der Waals surface area (Å²) in [6.45, 7) is 0. The zero-order valence-electron chi connectivity index (χ0n) is 11.9. The van der Waals surface area contributed by atoms with Crippen LogP contribution in [0.15, 0.2) is 33.6 Å². The molecular weight excluding hydrogens is 424 g/mol. The molecule has 1 aromatic heterocycles.